The molecule has 1 saturated carbocycles. The molecule has 1 amide bonds. The van der Waals surface area contributed by atoms with E-state index in [1.165, 1.54) is 0 Å². The number of nitrogens with zero attached hydrogens (tertiary/aromatic N) is 1. The van der Waals surface area contributed by atoms with Gasteiger partial charge < -0.3 is 15.0 Å². The van der Waals surface area contributed by atoms with Crippen molar-refractivity contribution in [2.24, 2.45) is 11.8 Å². The van der Waals surface area contributed by atoms with Gasteiger partial charge in [-0.1, -0.05) is 34.1 Å². The zero-order chi connectivity index (χ0) is 19.3. The maximum Gasteiger partial charge on any atom is 0.335 e. The summed E-state index contributed by atoms with van der Waals surface area (Å²) in [7, 11) is 0. The predicted molar refractivity (Wildman–Crippen MR) is 104 cm³/mol. The van der Waals surface area contributed by atoms with E-state index in [0.29, 0.717) is 29.5 Å². The van der Waals surface area contributed by atoms with Crippen molar-refractivity contribution in [1.82, 2.24) is 10.2 Å². The highest BCUT2D eigenvalue weighted by atomic mass is 16.6. The Morgan fingerprint density at radius 3 is 2.23 bits per heavy atom. The second kappa shape index (κ2) is 9.03. The molecule has 0 saturated heterocycles. The Balaban J connectivity index is 1.98. The van der Waals surface area contributed by atoms with E-state index in [1.807, 2.05) is 0 Å². The molecule has 26 heavy (non-hydrogen) atoms. The summed E-state index contributed by atoms with van der Waals surface area (Å²) >= 11 is 0. The van der Waals surface area contributed by atoms with Crippen LogP contribution >= 0.6 is 0 Å². The number of ether oxygens (including phenoxy) is 1. The summed E-state index contributed by atoms with van der Waals surface area (Å²) in [5.74, 6) is 0.754. The quantitative estimate of drug-likeness (QED) is 0.672. The molecule has 0 aromatic rings. The maximum absolute atomic E-state index is 12.9. The van der Waals surface area contributed by atoms with Gasteiger partial charge in [0, 0.05) is 31.8 Å². The number of hydrogen-bond acceptors (Lipinski definition) is 4. The van der Waals surface area contributed by atoms with Crippen LogP contribution in [0.25, 0.3) is 0 Å². The summed E-state index contributed by atoms with van der Waals surface area (Å²) < 4.78 is 5.68. The topological polar surface area (TPSA) is 58.6 Å². The SMILES string of the molecule is CC1=C(C(=O)NCCN(CC(C)C)CC(C)C)C2(CCCCC2)OC1=O. The van der Waals surface area contributed by atoms with Gasteiger partial charge in [0.2, 0.25) is 0 Å². The molecule has 0 bridgehead atoms. The van der Waals surface area contributed by atoms with Crippen LogP contribution in [0.4, 0.5) is 0 Å². The summed E-state index contributed by atoms with van der Waals surface area (Å²) in [5, 5.41) is 3.05. The minimum absolute atomic E-state index is 0.121. The number of rotatable bonds is 8. The molecule has 0 aromatic carbocycles. The first kappa shape index (κ1) is 20.9. The first-order chi connectivity index (χ1) is 12.2. The Bertz CT molecular complexity index is 535. The van der Waals surface area contributed by atoms with Crippen LogP contribution < -0.4 is 5.32 Å². The molecule has 2 rings (SSSR count). The molecule has 2 aliphatic rings. The van der Waals surface area contributed by atoms with Gasteiger partial charge in [-0.05, 0) is 44.4 Å². The van der Waals surface area contributed by atoms with E-state index in [0.717, 1.165) is 51.7 Å². The van der Waals surface area contributed by atoms with Crippen LogP contribution in [-0.4, -0.2) is 48.6 Å². The normalized spacial score (nSPS) is 19.8. The van der Waals surface area contributed by atoms with Crippen LogP contribution in [-0.2, 0) is 14.3 Å². The molecule has 0 unspecified atom stereocenters. The van der Waals surface area contributed by atoms with Crippen molar-refractivity contribution in [1.29, 1.82) is 0 Å². The van der Waals surface area contributed by atoms with E-state index in [1.54, 1.807) is 6.92 Å². The van der Waals surface area contributed by atoms with E-state index in [9.17, 15) is 9.59 Å². The van der Waals surface area contributed by atoms with Crippen molar-refractivity contribution in [3.05, 3.63) is 11.1 Å². The molecule has 1 heterocycles. The van der Waals surface area contributed by atoms with Gasteiger partial charge in [0.1, 0.15) is 5.60 Å². The summed E-state index contributed by atoms with van der Waals surface area (Å²) in [6.45, 7) is 14.1. The van der Waals surface area contributed by atoms with Gasteiger partial charge in [0.15, 0.2) is 0 Å². The van der Waals surface area contributed by atoms with Crippen molar-refractivity contribution in [3.63, 3.8) is 0 Å². The van der Waals surface area contributed by atoms with Crippen LogP contribution in [0.2, 0.25) is 0 Å². The maximum atomic E-state index is 12.9. The lowest BCUT2D eigenvalue weighted by Gasteiger charge is -2.34. The van der Waals surface area contributed by atoms with Crippen molar-refractivity contribution in [2.75, 3.05) is 26.2 Å². The van der Waals surface area contributed by atoms with Gasteiger partial charge in [-0.15, -0.1) is 0 Å². The molecule has 1 N–H and O–H groups in total. The molecule has 5 nitrogen and oxygen atoms in total. The monoisotopic (exact) mass is 364 g/mol. The highest BCUT2D eigenvalue weighted by Crippen LogP contribution is 2.43. The molecule has 148 valence electrons. The second-order valence-electron chi connectivity index (χ2n) is 8.75. The minimum Gasteiger partial charge on any atom is -0.451 e. The molecule has 1 aliphatic heterocycles. The van der Waals surface area contributed by atoms with Crippen LogP contribution in [0.5, 0.6) is 0 Å². The summed E-state index contributed by atoms with van der Waals surface area (Å²) in [6, 6.07) is 0. The standard InChI is InChI=1S/C21H36N2O3/c1-15(2)13-23(14-16(3)4)12-11-22-19(24)18-17(5)20(25)26-21(18)9-7-6-8-10-21/h15-16H,6-14H2,1-5H3,(H,22,24). The Kier molecular flexibility index (Phi) is 7.27. The largest absolute Gasteiger partial charge is 0.451 e. The first-order valence-corrected chi connectivity index (χ1v) is 10.2. The van der Waals surface area contributed by atoms with Crippen LogP contribution in [0, 0.1) is 11.8 Å². The molecule has 1 spiro atoms. The Morgan fingerprint density at radius 2 is 1.69 bits per heavy atom. The third kappa shape index (κ3) is 5.09. The lowest BCUT2D eigenvalue weighted by atomic mass is 9.78. The highest BCUT2D eigenvalue weighted by molar-refractivity contribution is 6.07. The Hall–Kier alpha value is -1.36. The second-order valence-corrected chi connectivity index (χ2v) is 8.75. The zero-order valence-electron chi connectivity index (χ0n) is 17.2. The third-order valence-corrected chi connectivity index (χ3v) is 5.27. The molecule has 0 atom stereocenters. The van der Waals surface area contributed by atoms with Crippen molar-refractivity contribution in [3.8, 4) is 0 Å². The minimum atomic E-state index is -0.668. The number of esters is 1. The van der Waals surface area contributed by atoms with Gasteiger partial charge in [0.05, 0.1) is 5.57 Å². The average Bonchev–Trinajstić information content (AvgIpc) is 2.77. The average molecular weight is 365 g/mol. The van der Waals surface area contributed by atoms with Crippen LogP contribution in [0.1, 0.15) is 66.7 Å². The van der Waals surface area contributed by atoms with E-state index < -0.39 is 5.60 Å². The van der Waals surface area contributed by atoms with Crippen LogP contribution in [0.15, 0.2) is 11.1 Å². The van der Waals surface area contributed by atoms with Gasteiger partial charge in [0.25, 0.3) is 5.91 Å². The Morgan fingerprint density at radius 1 is 1.12 bits per heavy atom. The fourth-order valence-corrected chi connectivity index (χ4v) is 4.31. The lowest BCUT2D eigenvalue weighted by molar-refractivity contribution is -0.149. The van der Waals surface area contributed by atoms with E-state index in [-0.39, 0.29) is 11.9 Å². The summed E-state index contributed by atoms with van der Waals surface area (Å²) in [6.07, 6.45) is 4.70. The number of amides is 1. The number of carbonyl (C=O) groups is 2. The molecular formula is C21H36N2O3. The van der Waals surface area contributed by atoms with Crippen molar-refractivity contribution in [2.45, 2.75) is 72.3 Å². The molecule has 1 aliphatic carbocycles. The van der Waals surface area contributed by atoms with E-state index in [4.69, 9.17) is 4.74 Å². The predicted octanol–water partition coefficient (Wildman–Crippen LogP) is 3.29. The van der Waals surface area contributed by atoms with Gasteiger partial charge in [-0.2, -0.15) is 0 Å². The van der Waals surface area contributed by atoms with Crippen LogP contribution in [0.3, 0.4) is 0 Å². The lowest BCUT2D eigenvalue weighted by Crippen LogP contribution is -2.43. The number of hydrogen-bond donors (Lipinski definition) is 1. The molecule has 0 aromatic heterocycles. The summed E-state index contributed by atoms with van der Waals surface area (Å²) in [5.41, 5.74) is 0.408. The molecule has 5 heteroatoms. The van der Waals surface area contributed by atoms with Gasteiger partial charge in [-0.25, -0.2) is 4.79 Å². The number of carbonyl (C=O) groups excluding carboxylic acids is 2. The first-order valence-electron chi connectivity index (χ1n) is 10.2. The van der Waals surface area contributed by atoms with E-state index in [2.05, 4.69) is 37.9 Å². The summed E-state index contributed by atoms with van der Waals surface area (Å²) in [4.78, 5) is 27.4. The smallest absolute Gasteiger partial charge is 0.335 e. The van der Waals surface area contributed by atoms with Crippen molar-refractivity contribution >= 4 is 11.9 Å². The molecule has 1 fully saturated rings. The van der Waals surface area contributed by atoms with Gasteiger partial charge >= 0.3 is 5.97 Å². The highest BCUT2D eigenvalue weighted by Gasteiger charge is 2.49. The fourth-order valence-electron chi connectivity index (χ4n) is 4.31. The Labute approximate surface area is 158 Å². The number of nitrogens with one attached hydrogen (secondary N) is 1. The fraction of sp³-hybridized carbons (Fsp3) is 0.810. The third-order valence-electron chi connectivity index (χ3n) is 5.27. The van der Waals surface area contributed by atoms with Gasteiger partial charge in [-0.3, -0.25) is 4.79 Å². The molecule has 0 radical (unpaired) electrons. The zero-order valence-corrected chi connectivity index (χ0v) is 17.2. The van der Waals surface area contributed by atoms with E-state index >= 15 is 0 Å². The van der Waals surface area contributed by atoms with Crippen molar-refractivity contribution < 1.29 is 14.3 Å². The molecular weight excluding hydrogens is 328 g/mol.